The summed E-state index contributed by atoms with van der Waals surface area (Å²) in [4.78, 5) is 26.5. The van der Waals surface area contributed by atoms with Gasteiger partial charge < -0.3 is 16.0 Å². The summed E-state index contributed by atoms with van der Waals surface area (Å²) in [5.74, 6) is -1.80. The molecule has 1 fully saturated rings. The number of halogens is 4. The monoisotopic (exact) mass is 661 g/mol. The first-order valence-corrected chi connectivity index (χ1v) is 16.1. The van der Waals surface area contributed by atoms with Crippen LogP contribution < -0.4 is 21.5 Å². The average molecular weight is 662 g/mol. The fourth-order valence-corrected chi connectivity index (χ4v) is 7.01. The predicted molar refractivity (Wildman–Crippen MR) is 164 cm³/mol. The number of rotatable bonds is 8. The fraction of sp³-hybridized carbons (Fsp3) is 0.214. The van der Waals surface area contributed by atoms with E-state index in [0.29, 0.717) is 16.6 Å². The van der Waals surface area contributed by atoms with E-state index >= 15 is 0 Å². The Morgan fingerprint density at radius 1 is 1.07 bits per heavy atom. The third-order valence-corrected chi connectivity index (χ3v) is 9.62. The molecule has 44 heavy (non-hydrogen) atoms. The number of aromatic nitrogens is 4. The van der Waals surface area contributed by atoms with E-state index in [2.05, 4.69) is 30.9 Å². The molecule has 0 bridgehead atoms. The van der Waals surface area contributed by atoms with E-state index in [0.717, 1.165) is 43.0 Å². The van der Waals surface area contributed by atoms with Crippen molar-refractivity contribution >= 4 is 61.1 Å². The van der Waals surface area contributed by atoms with Crippen LogP contribution >= 0.6 is 22.9 Å². The van der Waals surface area contributed by atoms with Gasteiger partial charge in [-0.25, -0.2) is 23.0 Å². The minimum Gasteiger partial charge on any atom is -0.381 e. The van der Waals surface area contributed by atoms with Crippen LogP contribution in [0.3, 0.4) is 0 Å². The highest BCUT2D eigenvalue weighted by Gasteiger charge is 2.36. The van der Waals surface area contributed by atoms with Crippen molar-refractivity contribution in [2.45, 2.75) is 23.5 Å². The molecule has 1 atom stereocenters. The molecule has 4 heterocycles. The summed E-state index contributed by atoms with van der Waals surface area (Å²) in [5.41, 5.74) is 1.58. The van der Waals surface area contributed by atoms with Crippen LogP contribution in [0, 0.1) is 0 Å². The minimum atomic E-state index is -4.93. The van der Waals surface area contributed by atoms with Crippen LogP contribution in [0.2, 0.25) is 5.02 Å². The summed E-state index contributed by atoms with van der Waals surface area (Å²) >= 11 is 7.55. The Balaban J connectivity index is 1.36. The molecule has 0 aliphatic carbocycles. The number of nitrogens with zero attached hydrogens (tertiary/aromatic N) is 4. The SMILES string of the molecule is O=c1c(-c2ccc(S(=O)(=O)CC(F)(F)F)cc2Cl)cc2cnc(Nc3ccc(NC4CCNC4)cc3)nc2n1-c1nccs1. The summed E-state index contributed by atoms with van der Waals surface area (Å²) in [5, 5.41) is 12.2. The summed E-state index contributed by atoms with van der Waals surface area (Å²) in [7, 11) is -4.70. The highest BCUT2D eigenvalue weighted by Crippen LogP contribution is 2.32. The van der Waals surface area contributed by atoms with Crippen molar-refractivity contribution in [3.8, 4) is 16.3 Å². The molecular weight excluding hydrogens is 639 g/mol. The summed E-state index contributed by atoms with van der Waals surface area (Å²) in [6.45, 7) is 1.90. The van der Waals surface area contributed by atoms with Gasteiger partial charge in [0.15, 0.2) is 26.4 Å². The Morgan fingerprint density at radius 3 is 2.50 bits per heavy atom. The largest absolute Gasteiger partial charge is 0.403 e. The van der Waals surface area contributed by atoms with Crippen molar-refractivity contribution in [2.24, 2.45) is 0 Å². The van der Waals surface area contributed by atoms with E-state index in [4.69, 9.17) is 11.6 Å². The number of hydrogen-bond acceptors (Lipinski definition) is 10. The summed E-state index contributed by atoms with van der Waals surface area (Å²) < 4.78 is 64.3. The number of alkyl halides is 3. The molecule has 10 nitrogen and oxygen atoms in total. The molecule has 1 aliphatic heterocycles. The van der Waals surface area contributed by atoms with Gasteiger partial charge in [0.2, 0.25) is 5.95 Å². The van der Waals surface area contributed by atoms with E-state index in [1.54, 1.807) is 5.38 Å². The van der Waals surface area contributed by atoms with Crippen molar-refractivity contribution in [3.63, 3.8) is 0 Å². The molecule has 16 heteroatoms. The normalized spacial score (nSPS) is 15.5. The number of sulfone groups is 1. The molecule has 1 unspecified atom stereocenters. The number of nitrogens with one attached hydrogen (secondary N) is 3. The smallest absolute Gasteiger partial charge is 0.381 e. The first kappa shape index (κ1) is 30.0. The first-order chi connectivity index (χ1) is 21.0. The van der Waals surface area contributed by atoms with Gasteiger partial charge in [-0.2, -0.15) is 18.2 Å². The Hall–Kier alpha value is -4.05. The number of hydrogen-bond donors (Lipinski definition) is 3. The Labute approximate surface area is 257 Å². The second-order valence-electron chi connectivity index (χ2n) is 10.0. The molecule has 6 rings (SSSR count). The maximum absolute atomic E-state index is 13.9. The number of thiazole rings is 1. The highest BCUT2D eigenvalue weighted by atomic mass is 35.5. The zero-order valence-corrected chi connectivity index (χ0v) is 25.0. The quantitative estimate of drug-likeness (QED) is 0.200. The van der Waals surface area contributed by atoms with E-state index in [9.17, 15) is 26.4 Å². The van der Waals surface area contributed by atoms with Gasteiger partial charge in [0.1, 0.15) is 0 Å². The van der Waals surface area contributed by atoms with Crippen LogP contribution in [-0.4, -0.2) is 59.0 Å². The van der Waals surface area contributed by atoms with E-state index in [1.807, 2.05) is 24.3 Å². The van der Waals surface area contributed by atoms with Gasteiger partial charge in [-0.15, -0.1) is 11.3 Å². The van der Waals surface area contributed by atoms with Crippen molar-refractivity contribution in [2.75, 3.05) is 29.5 Å². The van der Waals surface area contributed by atoms with Crippen LogP contribution in [0.4, 0.5) is 30.5 Å². The van der Waals surface area contributed by atoms with Gasteiger partial charge in [-0.3, -0.25) is 4.79 Å². The topological polar surface area (TPSA) is 131 Å². The molecule has 0 amide bonds. The lowest BCUT2D eigenvalue weighted by molar-refractivity contribution is -0.106. The molecule has 2 aromatic carbocycles. The van der Waals surface area contributed by atoms with Crippen LogP contribution in [0.15, 0.2) is 76.0 Å². The molecule has 5 aromatic rings. The van der Waals surface area contributed by atoms with Gasteiger partial charge in [0, 0.05) is 63.3 Å². The fourth-order valence-electron chi connectivity index (χ4n) is 4.85. The van der Waals surface area contributed by atoms with Crippen molar-refractivity contribution < 1.29 is 21.6 Å². The van der Waals surface area contributed by atoms with Crippen molar-refractivity contribution in [3.05, 3.63) is 81.7 Å². The Morgan fingerprint density at radius 2 is 1.84 bits per heavy atom. The first-order valence-electron chi connectivity index (χ1n) is 13.2. The zero-order valence-electron chi connectivity index (χ0n) is 22.6. The molecule has 0 radical (unpaired) electrons. The predicted octanol–water partition coefficient (Wildman–Crippen LogP) is 5.41. The lowest BCUT2D eigenvalue weighted by Gasteiger charge is -2.14. The van der Waals surface area contributed by atoms with Gasteiger partial charge in [0.25, 0.3) is 5.56 Å². The highest BCUT2D eigenvalue weighted by molar-refractivity contribution is 7.91. The summed E-state index contributed by atoms with van der Waals surface area (Å²) in [6, 6.07) is 12.6. The zero-order chi connectivity index (χ0) is 31.1. The van der Waals surface area contributed by atoms with Crippen LogP contribution in [0.1, 0.15) is 6.42 Å². The van der Waals surface area contributed by atoms with Gasteiger partial charge in [-0.05, 0) is 55.4 Å². The molecular formula is C28H23ClF3N7O3S2. The van der Waals surface area contributed by atoms with E-state index in [-0.39, 0.29) is 27.7 Å². The number of pyridine rings is 1. The second kappa shape index (κ2) is 11.8. The third-order valence-electron chi connectivity index (χ3n) is 6.87. The molecule has 1 saturated heterocycles. The number of anilines is 3. The average Bonchev–Trinajstić information content (AvgIpc) is 3.68. The maximum Gasteiger partial charge on any atom is 0.403 e. The minimum absolute atomic E-state index is 0.0577. The molecule has 0 saturated carbocycles. The standard InChI is InChI=1S/C28H23ClF3N7O3S2/c29-23-12-20(44(41,42)15-28(30,31)32)5-6-21(23)22-11-16-13-35-26(38-24(16)39(25(22)40)27-34-9-10-43-27)37-18-3-1-17(2-4-18)36-19-7-8-33-14-19/h1-6,9-13,19,33,36H,7-8,14-15H2,(H,35,37,38). The van der Waals surface area contributed by atoms with Crippen LogP contribution in [-0.2, 0) is 9.84 Å². The number of fused-ring (bicyclic) bond motifs is 1. The van der Waals surface area contributed by atoms with E-state index in [1.165, 1.54) is 40.4 Å². The number of benzene rings is 2. The van der Waals surface area contributed by atoms with E-state index < -0.39 is 32.2 Å². The summed E-state index contributed by atoms with van der Waals surface area (Å²) in [6.07, 6.45) is -0.841. The van der Waals surface area contributed by atoms with Gasteiger partial charge >= 0.3 is 6.18 Å². The lowest BCUT2D eigenvalue weighted by atomic mass is 10.1. The Bertz CT molecular complexity index is 2000. The third kappa shape index (κ3) is 6.40. The Kier molecular flexibility index (Phi) is 8.04. The second-order valence-corrected chi connectivity index (χ2v) is 13.3. The maximum atomic E-state index is 13.9. The lowest BCUT2D eigenvalue weighted by Crippen LogP contribution is -2.23. The van der Waals surface area contributed by atoms with Crippen molar-refractivity contribution in [1.29, 1.82) is 0 Å². The molecule has 1 aliphatic rings. The van der Waals surface area contributed by atoms with Gasteiger partial charge in [-0.1, -0.05) is 17.7 Å². The van der Waals surface area contributed by atoms with Crippen molar-refractivity contribution in [1.82, 2.24) is 24.8 Å². The molecule has 0 spiro atoms. The molecule has 3 N–H and O–H groups in total. The van der Waals surface area contributed by atoms with Crippen LogP contribution in [0.5, 0.6) is 0 Å². The van der Waals surface area contributed by atoms with Gasteiger partial charge in [0.05, 0.1) is 4.90 Å². The van der Waals surface area contributed by atoms with Crippen LogP contribution in [0.25, 0.3) is 27.3 Å². The molecule has 228 valence electrons. The molecule has 3 aromatic heterocycles.